The number of phenols is 1. The number of hydrogen-bond donors (Lipinski definition) is 3. The molecule has 0 aliphatic carbocycles. The number of nitrogens with one attached hydrogen (secondary N) is 2. The molecule has 5 heteroatoms. The summed E-state index contributed by atoms with van der Waals surface area (Å²) in [5.41, 5.74) is 1.92. The van der Waals surface area contributed by atoms with Crippen molar-refractivity contribution >= 4 is 23.3 Å². The van der Waals surface area contributed by atoms with Gasteiger partial charge in [0, 0.05) is 5.56 Å². The number of carbonyl (C=O) groups is 1. The second-order valence-corrected chi connectivity index (χ2v) is 4.70. The number of rotatable bonds is 1. The molecule has 1 atom stereocenters. The molecule has 0 fully saturated rings. The van der Waals surface area contributed by atoms with Gasteiger partial charge in [0.05, 0.1) is 16.8 Å². The van der Waals surface area contributed by atoms with Crippen LogP contribution in [0.25, 0.3) is 0 Å². The first-order chi connectivity index (χ1) is 9.16. The summed E-state index contributed by atoms with van der Waals surface area (Å²) in [6.07, 6.45) is 0. The quantitative estimate of drug-likeness (QED) is 0.747. The van der Waals surface area contributed by atoms with Gasteiger partial charge in [0.25, 0.3) is 0 Å². The highest BCUT2D eigenvalue weighted by Crippen LogP contribution is 2.41. The number of amides is 2. The summed E-state index contributed by atoms with van der Waals surface area (Å²) in [7, 11) is 0. The van der Waals surface area contributed by atoms with Gasteiger partial charge in [-0.05, 0) is 17.7 Å². The van der Waals surface area contributed by atoms with Gasteiger partial charge in [-0.15, -0.1) is 0 Å². The molecule has 0 radical (unpaired) electrons. The van der Waals surface area contributed by atoms with E-state index in [1.54, 1.807) is 6.07 Å². The summed E-state index contributed by atoms with van der Waals surface area (Å²) in [6, 6.07) is 11.8. The van der Waals surface area contributed by atoms with Gasteiger partial charge in [0.2, 0.25) is 0 Å². The zero-order valence-corrected chi connectivity index (χ0v) is 10.6. The minimum atomic E-state index is -0.413. The molecular weight excluding hydrogens is 264 g/mol. The van der Waals surface area contributed by atoms with E-state index >= 15 is 0 Å². The number of aromatic hydroxyl groups is 1. The maximum Gasteiger partial charge on any atom is 0.320 e. The van der Waals surface area contributed by atoms with Gasteiger partial charge in [0.15, 0.2) is 0 Å². The number of urea groups is 1. The fourth-order valence-corrected chi connectivity index (χ4v) is 2.46. The fourth-order valence-electron chi connectivity index (χ4n) is 2.25. The minimum absolute atomic E-state index is 0.0979. The molecule has 3 rings (SSSR count). The van der Waals surface area contributed by atoms with Crippen LogP contribution >= 0.6 is 11.6 Å². The Morgan fingerprint density at radius 3 is 2.58 bits per heavy atom. The molecule has 19 heavy (non-hydrogen) atoms. The second kappa shape index (κ2) is 4.48. The Morgan fingerprint density at radius 1 is 1.11 bits per heavy atom. The predicted molar refractivity (Wildman–Crippen MR) is 73.6 cm³/mol. The molecule has 0 saturated heterocycles. The van der Waals surface area contributed by atoms with Crippen LogP contribution in [0.4, 0.5) is 10.5 Å². The van der Waals surface area contributed by atoms with Crippen molar-refractivity contribution in [2.45, 2.75) is 6.04 Å². The van der Waals surface area contributed by atoms with Crippen molar-refractivity contribution in [3.63, 3.8) is 0 Å². The number of phenolic OH excluding ortho intramolecular Hbond substituents is 1. The largest absolute Gasteiger partial charge is 0.507 e. The van der Waals surface area contributed by atoms with Crippen molar-refractivity contribution in [1.29, 1.82) is 0 Å². The van der Waals surface area contributed by atoms with E-state index in [1.807, 2.05) is 30.3 Å². The number of halogens is 1. The third kappa shape index (κ3) is 2.00. The Hall–Kier alpha value is -2.20. The third-order valence-electron chi connectivity index (χ3n) is 3.11. The molecule has 2 amide bonds. The molecule has 1 heterocycles. The van der Waals surface area contributed by atoms with Gasteiger partial charge in [-0.1, -0.05) is 41.9 Å². The summed E-state index contributed by atoms with van der Waals surface area (Å²) in [6.45, 7) is 0. The van der Waals surface area contributed by atoms with Crippen LogP contribution < -0.4 is 10.6 Å². The molecule has 1 aliphatic rings. The van der Waals surface area contributed by atoms with Crippen LogP contribution in [0.15, 0.2) is 42.5 Å². The van der Waals surface area contributed by atoms with Crippen molar-refractivity contribution in [3.05, 3.63) is 58.6 Å². The normalized spacial score (nSPS) is 17.3. The van der Waals surface area contributed by atoms with E-state index in [9.17, 15) is 9.90 Å². The first-order valence-electron chi connectivity index (χ1n) is 5.80. The van der Waals surface area contributed by atoms with Crippen molar-refractivity contribution in [2.24, 2.45) is 0 Å². The highest BCUT2D eigenvalue weighted by Gasteiger charge is 2.29. The molecule has 1 aliphatic heterocycles. The van der Waals surface area contributed by atoms with Crippen LogP contribution in [0.1, 0.15) is 17.2 Å². The summed E-state index contributed by atoms with van der Waals surface area (Å²) >= 11 is 6.08. The van der Waals surface area contributed by atoms with Crippen molar-refractivity contribution < 1.29 is 9.90 Å². The van der Waals surface area contributed by atoms with Crippen LogP contribution in [0.3, 0.4) is 0 Å². The van der Waals surface area contributed by atoms with Crippen molar-refractivity contribution in [1.82, 2.24) is 5.32 Å². The molecule has 96 valence electrons. The third-order valence-corrected chi connectivity index (χ3v) is 3.42. The first kappa shape index (κ1) is 11.9. The van der Waals surface area contributed by atoms with E-state index in [0.717, 1.165) is 5.56 Å². The summed E-state index contributed by atoms with van der Waals surface area (Å²) < 4.78 is 0. The number of benzene rings is 2. The van der Waals surface area contributed by atoms with E-state index < -0.39 is 6.04 Å². The van der Waals surface area contributed by atoms with E-state index in [0.29, 0.717) is 16.3 Å². The van der Waals surface area contributed by atoms with Gasteiger partial charge in [-0.25, -0.2) is 4.79 Å². The lowest BCUT2D eigenvalue weighted by Gasteiger charge is -2.28. The molecular formula is C14H11ClN2O2. The molecule has 2 aromatic carbocycles. The number of anilines is 1. The Kier molecular flexibility index (Phi) is 2.80. The SMILES string of the molecule is O=C1Nc2c(Cl)ccc(O)c2[C@@H](c2ccccc2)N1. The maximum atomic E-state index is 11.7. The summed E-state index contributed by atoms with van der Waals surface area (Å²) in [5.74, 6) is 0.0979. The molecule has 4 nitrogen and oxygen atoms in total. The number of carbonyl (C=O) groups excluding carboxylic acids is 1. The second-order valence-electron chi connectivity index (χ2n) is 4.30. The fraction of sp³-hybridized carbons (Fsp3) is 0.0714. The van der Waals surface area contributed by atoms with Gasteiger partial charge in [-0.3, -0.25) is 0 Å². The van der Waals surface area contributed by atoms with Crippen LogP contribution in [0.5, 0.6) is 5.75 Å². The van der Waals surface area contributed by atoms with Gasteiger partial charge >= 0.3 is 6.03 Å². The monoisotopic (exact) mass is 274 g/mol. The first-order valence-corrected chi connectivity index (χ1v) is 6.18. The Morgan fingerprint density at radius 2 is 1.84 bits per heavy atom. The Balaban J connectivity index is 2.20. The van der Waals surface area contributed by atoms with Crippen LogP contribution in [0, 0.1) is 0 Å². The zero-order chi connectivity index (χ0) is 13.4. The van der Waals surface area contributed by atoms with Crippen molar-refractivity contribution in [2.75, 3.05) is 5.32 Å². The van der Waals surface area contributed by atoms with Gasteiger partial charge < -0.3 is 15.7 Å². The molecule has 0 unspecified atom stereocenters. The lowest BCUT2D eigenvalue weighted by molar-refractivity contribution is 0.248. The Bertz CT molecular complexity index is 643. The highest BCUT2D eigenvalue weighted by atomic mass is 35.5. The van der Waals surface area contributed by atoms with Crippen LogP contribution in [-0.4, -0.2) is 11.1 Å². The van der Waals surface area contributed by atoms with Crippen LogP contribution in [0.2, 0.25) is 5.02 Å². The molecule has 3 N–H and O–H groups in total. The molecule has 2 aromatic rings. The molecule has 0 spiro atoms. The van der Waals surface area contributed by atoms with E-state index in [2.05, 4.69) is 10.6 Å². The highest BCUT2D eigenvalue weighted by molar-refractivity contribution is 6.34. The minimum Gasteiger partial charge on any atom is -0.507 e. The summed E-state index contributed by atoms with van der Waals surface area (Å²) in [5, 5.41) is 15.9. The molecule has 0 saturated carbocycles. The van der Waals surface area contributed by atoms with E-state index in [1.165, 1.54) is 6.07 Å². The van der Waals surface area contributed by atoms with E-state index in [-0.39, 0.29) is 11.8 Å². The smallest absolute Gasteiger partial charge is 0.320 e. The van der Waals surface area contributed by atoms with Crippen molar-refractivity contribution in [3.8, 4) is 5.75 Å². The lowest BCUT2D eigenvalue weighted by atomic mass is 9.95. The average Bonchev–Trinajstić information content (AvgIpc) is 2.43. The summed E-state index contributed by atoms with van der Waals surface area (Å²) in [4.78, 5) is 11.7. The van der Waals surface area contributed by atoms with E-state index in [4.69, 9.17) is 11.6 Å². The Labute approximate surface area is 115 Å². The van der Waals surface area contributed by atoms with Crippen LogP contribution in [-0.2, 0) is 0 Å². The standard InChI is InChI=1S/C14H11ClN2O2/c15-9-6-7-10(18)11-12(8-4-2-1-3-5-8)16-14(19)17-13(9)11/h1-7,12,18H,(H2,16,17,19)/t12-/m1/s1. The topological polar surface area (TPSA) is 61.4 Å². The number of fused-ring (bicyclic) bond motifs is 1. The lowest BCUT2D eigenvalue weighted by Crippen LogP contribution is -2.38. The molecule has 0 bridgehead atoms. The predicted octanol–water partition coefficient (Wildman–Crippen LogP) is 3.27. The maximum absolute atomic E-state index is 11.7. The zero-order valence-electron chi connectivity index (χ0n) is 9.85. The number of hydrogen-bond acceptors (Lipinski definition) is 2. The average molecular weight is 275 g/mol. The van der Waals surface area contributed by atoms with Gasteiger partial charge in [0.1, 0.15) is 5.75 Å². The van der Waals surface area contributed by atoms with Gasteiger partial charge in [-0.2, -0.15) is 0 Å². The molecule has 0 aromatic heterocycles.